The number of methoxy groups -OCH3 is 1. The quantitative estimate of drug-likeness (QED) is 0.818. The van der Waals surface area contributed by atoms with Gasteiger partial charge in [-0.2, -0.15) is 4.31 Å². The Balaban J connectivity index is 2.06. The number of rotatable bonds is 4. The van der Waals surface area contributed by atoms with Crippen molar-refractivity contribution in [2.75, 3.05) is 33.3 Å². The molecule has 1 aliphatic rings. The van der Waals surface area contributed by atoms with Crippen LogP contribution in [0.5, 0.6) is 5.75 Å². The maximum absolute atomic E-state index is 12.8. The van der Waals surface area contributed by atoms with E-state index in [9.17, 15) is 13.2 Å². The van der Waals surface area contributed by atoms with Gasteiger partial charge in [0.25, 0.3) is 0 Å². The molecular formula is C18H28N2O4S. The third-order valence-corrected chi connectivity index (χ3v) is 6.17. The molecule has 25 heavy (non-hydrogen) atoms. The molecular weight excluding hydrogens is 340 g/mol. The lowest BCUT2D eigenvalue weighted by atomic mass is 9.91. The molecule has 0 N–H and O–H groups in total. The summed E-state index contributed by atoms with van der Waals surface area (Å²) in [6, 6.07) is 4.87. The molecule has 1 aliphatic heterocycles. The van der Waals surface area contributed by atoms with Gasteiger partial charge in [0.05, 0.1) is 12.0 Å². The highest BCUT2D eigenvalue weighted by Gasteiger charge is 2.31. The van der Waals surface area contributed by atoms with E-state index in [1.165, 1.54) is 4.31 Å². The molecule has 1 heterocycles. The van der Waals surface area contributed by atoms with E-state index in [2.05, 4.69) is 0 Å². The van der Waals surface area contributed by atoms with Crippen LogP contribution in [0, 0.1) is 12.3 Å². The summed E-state index contributed by atoms with van der Waals surface area (Å²) in [5.74, 6) is 0.751. The van der Waals surface area contributed by atoms with Gasteiger partial charge in [-0.15, -0.1) is 0 Å². The summed E-state index contributed by atoms with van der Waals surface area (Å²) in [7, 11) is -1.99. The zero-order valence-corrected chi connectivity index (χ0v) is 16.5. The number of sulfonamides is 1. The van der Waals surface area contributed by atoms with E-state index in [1.807, 2.05) is 27.7 Å². The molecule has 7 heteroatoms. The van der Waals surface area contributed by atoms with Crippen LogP contribution in [-0.4, -0.2) is 56.8 Å². The van der Waals surface area contributed by atoms with E-state index in [0.717, 1.165) is 5.56 Å². The van der Waals surface area contributed by atoms with Crippen molar-refractivity contribution in [2.24, 2.45) is 5.41 Å². The Hall–Kier alpha value is -1.60. The van der Waals surface area contributed by atoms with E-state index in [-0.39, 0.29) is 16.2 Å². The van der Waals surface area contributed by atoms with E-state index < -0.39 is 10.0 Å². The molecule has 0 saturated carbocycles. The first-order valence-corrected chi connectivity index (χ1v) is 9.91. The average Bonchev–Trinajstić information content (AvgIpc) is 2.53. The Labute approximate surface area is 150 Å². The fraction of sp³-hybridized carbons (Fsp3) is 0.611. The van der Waals surface area contributed by atoms with Gasteiger partial charge in [0.2, 0.25) is 15.9 Å². The lowest BCUT2D eigenvalue weighted by molar-refractivity contribution is -0.134. The Morgan fingerprint density at radius 3 is 2.24 bits per heavy atom. The lowest BCUT2D eigenvalue weighted by Gasteiger charge is -2.35. The number of carbonyl (C=O) groups excluding carboxylic acids is 1. The highest BCUT2D eigenvalue weighted by molar-refractivity contribution is 7.89. The van der Waals surface area contributed by atoms with Crippen molar-refractivity contribution >= 4 is 15.9 Å². The van der Waals surface area contributed by atoms with Gasteiger partial charge in [0.1, 0.15) is 5.75 Å². The number of nitrogens with zero attached hydrogens (tertiary/aromatic N) is 2. The number of ether oxygens (including phenoxy) is 1. The van der Waals surface area contributed by atoms with Crippen LogP contribution in [0.3, 0.4) is 0 Å². The summed E-state index contributed by atoms with van der Waals surface area (Å²) in [5, 5.41) is 0. The first kappa shape index (κ1) is 19.7. The monoisotopic (exact) mass is 368 g/mol. The molecule has 1 fully saturated rings. The van der Waals surface area contributed by atoms with Gasteiger partial charge < -0.3 is 9.64 Å². The molecule has 0 radical (unpaired) electrons. The standard InChI is InChI=1S/C18H28N2O4S/c1-14-12-15(6-7-16(14)24-5)25(22,23)20-10-8-19(9-11-20)17(21)13-18(2,3)4/h6-7,12H,8-11,13H2,1-5H3. The fourth-order valence-corrected chi connectivity index (χ4v) is 4.41. The molecule has 1 amide bonds. The van der Waals surface area contributed by atoms with Crippen LogP contribution in [0.1, 0.15) is 32.8 Å². The van der Waals surface area contributed by atoms with Crippen molar-refractivity contribution in [1.29, 1.82) is 0 Å². The third-order valence-electron chi connectivity index (χ3n) is 4.28. The zero-order chi connectivity index (χ0) is 18.8. The number of amides is 1. The first-order valence-electron chi connectivity index (χ1n) is 8.47. The molecule has 1 aromatic carbocycles. The Morgan fingerprint density at radius 2 is 1.76 bits per heavy atom. The zero-order valence-electron chi connectivity index (χ0n) is 15.7. The lowest BCUT2D eigenvalue weighted by Crippen LogP contribution is -2.51. The predicted molar refractivity (Wildman–Crippen MR) is 97.1 cm³/mol. The molecule has 1 saturated heterocycles. The van der Waals surface area contributed by atoms with Crippen molar-refractivity contribution in [1.82, 2.24) is 9.21 Å². The molecule has 0 bridgehead atoms. The molecule has 0 spiro atoms. The predicted octanol–water partition coefficient (Wildman–Crippen LogP) is 2.27. The van der Waals surface area contributed by atoms with Gasteiger partial charge in [0.15, 0.2) is 0 Å². The molecule has 0 atom stereocenters. The highest BCUT2D eigenvalue weighted by Crippen LogP contribution is 2.25. The second kappa shape index (κ2) is 7.33. The SMILES string of the molecule is COc1ccc(S(=O)(=O)N2CCN(C(=O)CC(C)(C)C)CC2)cc1C. The minimum atomic E-state index is -3.55. The van der Waals surface area contributed by atoms with E-state index in [0.29, 0.717) is 38.3 Å². The number of carbonyl (C=O) groups is 1. The Bertz CT molecular complexity index is 730. The summed E-state index contributed by atoms with van der Waals surface area (Å²) in [4.78, 5) is 14.3. The van der Waals surface area contributed by atoms with Gasteiger partial charge >= 0.3 is 0 Å². The van der Waals surface area contributed by atoms with Crippen LogP contribution in [-0.2, 0) is 14.8 Å². The largest absolute Gasteiger partial charge is 0.496 e. The number of hydrogen-bond donors (Lipinski definition) is 0. The Kier molecular flexibility index (Phi) is 5.79. The second-order valence-corrected chi connectivity index (χ2v) is 9.59. The first-order chi connectivity index (χ1) is 11.5. The molecule has 0 aromatic heterocycles. The molecule has 2 rings (SSSR count). The topological polar surface area (TPSA) is 66.9 Å². The summed E-state index contributed by atoms with van der Waals surface area (Å²) >= 11 is 0. The van der Waals surface area contributed by atoms with Gasteiger partial charge in [-0.3, -0.25) is 4.79 Å². The van der Waals surface area contributed by atoms with Crippen LogP contribution >= 0.6 is 0 Å². The maximum Gasteiger partial charge on any atom is 0.243 e. The molecule has 1 aromatic rings. The Morgan fingerprint density at radius 1 is 1.16 bits per heavy atom. The minimum absolute atomic E-state index is 0.0685. The van der Waals surface area contributed by atoms with Gasteiger partial charge in [-0.25, -0.2) is 8.42 Å². The van der Waals surface area contributed by atoms with Gasteiger partial charge in [-0.1, -0.05) is 20.8 Å². The third kappa shape index (κ3) is 4.73. The van der Waals surface area contributed by atoms with Crippen LogP contribution < -0.4 is 4.74 Å². The molecule has 0 unspecified atom stereocenters. The molecule has 6 nitrogen and oxygen atoms in total. The molecule has 140 valence electrons. The van der Waals surface area contributed by atoms with Crippen LogP contribution in [0.25, 0.3) is 0 Å². The summed E-state index contributed by atoms with van der Waals surface area (Å²) < 4.78 is 32.3. The van der Waals surface area contributed by atoms with Crippen molar-refractivity contribution < 1.29 is 17.9 Å². The van der Waals surface area contributed by atoms with Crippen molar-refractivity contribution in [3.63, 3.8) is 0 Å². The fourth-order valence-electron chi connectivity index (χ4n) is 2.90. The number of hydrogen-bond acceptors (Lipinski definition) is 4. The van der Waals surface area contributed by atoms with Crippen molar-refractivity contribution in [3.05, 3.63) is 23.8 Å². The summed E-state index contributed by atoms with van der Waals surface area (Å²) in [6.07, 6.45) is 0.470. The molecule has 0 aliphatic carbocycles. The number of aryl methyl sites for hydroxylation is 1. The van der Waals surface area contributed by atoms with E-state index in [4.69, 9.17) is 4.74 Å². The smallest absolute Gasteiger partial charge is 0.243 e. The van der Waals surface area contributed by atoms with Crippen LogP contribution in [0.4, 0.5) is 0 Å². The minimum Gasteiger partial charge on any atom is -0.496 e. The van der Waals surface area contributed by atoms with Crippen molar-refractivity contribution in [2.45, 2.75) is 39.0 Å². The van der Waals surface area contributed by atoms with E-state index >= 15 is 0 Å². The van der Waals surface area contributed by atoms with E-state index in [1.54, 1.807) is 30.2 Å². The number of benzene rings is 1. The second-order valence-electron chi connectivity index (χ2n) is 7.65. The normalized spacial score (nSPS) is 16.8. The van der Waals surface area contributed by atoms with Crippen LogP contribution in [0.15, 0.2) is 23.1 Å². The summed E-state index contributed by atoms with van der Waals surface area (Å²) in [5.41, 5.74) is 0.712. The average molecular weight is 368 g/mol. The van der Waals surface area contributed by atoms with Gasteiger partial charge in [0, 0.05) is 32.6 Å². The maximum atomic E-state index is 12.8. The van der Waals surface area contributed by atoms with Gasteiger partial charge in [-0.05, 0) is 36.1 Å². The van der Waals surface area contributed by atoms with Crippen LogP contribution in [0.2, 0.25) is 0 Å². The number of piperazine rings is 1. The van der Waals surface area contributed by atoms with Crippen molar-refractivity contribution in [3.8, 4) is 5.75 Å². The summed E-state index contributed by atoms with van der Waals surface area (Å²) in [6.45, 7) is 9.41. The highest BCUT2D eigenvalue weighted by atomic mass is 32.2.